The van der Waals surface area contributed by atoms with Gasteiger partial charge in [-0.25, -0.2) is 0 Å². The zero-order chi connectivity index (χ0) is 9.80. The summed E-state index contributed by atoms with van der Waals surface area (Å²) in [5, 5.41) is 0. The van der Waals surface area contributed by atoms with Crippen LogP contribution in [0.5, 0.6) is 0 Å². The summed E-state index contributed by atoms with van der Waals surface area (Å²) in [7, 11) is -0.433. The molecule has 1 saturated heterocycles. The first-order chi connectivity index (χ1) is 6.92. The van der Waals surface area contributed by atoms with Gasteiger partial charge in [-0.2, -0.15) is 0 Å². The Hall–Kier alpha value is 0.177. The minimum Gasteiger partial charge on any atom is -0.323 e. The second-order valence-electron chi connectivity index (χ2n) is 5.11. The highest BCUT2D eigenvalue weighted by molar-refractivity contribution is 6.56. The largest absolute Gasteiger partial charge is 0.323 e. The van der Waals surface area contributed by atoms with Crippen LogP contribution in [0.15, 0.2) is 0 Å². The highest BCUT2D eigenvalue weighted by Gasteiger charge is 2.30. The molecule has 0 unspecified atom stereocenters. The molecule has 2 heteroatoms. The van der Waals surface area contributed by atoms with Crippen molar-refractivity contribution < 1.29 is 0 Å². The van der Waals surface area contributed by atoms with Crippen LogP contribution in [-0.4, -0.2) is 26.1 Å². The van der Waals surface area contributed by atoms with Crippen molar-refractivity contribution in [3.63, 3.8) is 0 Å². The molecule has 0 N–H and O–H groups in total. The minimum absolute atomic E-state index is 0.433. The van der Waals surface area contributed by atoms with Crippen molar-refractivity contribution in [1.82, 2.24) is 4.57 Å². The van der Waals surface area contributed by atoms with Crippen LogP contribution in [0.1, 0.15) is 51.9 Å². The molecule has 0 aromatic carbocycles. The Balaban J connectivity index is 1.91. The maximum absolute atomic E-state index is 3.00. The Labute approximate surface area is 90.6 Å². The molecule has 0 radical (unpaired) electrons. The van der Waals surface area contributed by atoms with Gasteiger partial charge >= 0.3 is 0 Å². The van der Waals surface area contributed by atoms with Crippen LogP contribution in [-0.2, 0) is 0 Å². The lowest BCUT2D eigenvalue weighted by Gasteiger charge is -2.33. The van der Waals surface area contributed by atoms with Gasteiger partial charge in [0.15, 0.2) is 0 Å². The molecule has 14 heavy (non-hydrogen) atoms. The van der Waals surface area contributed by atoms with E-state index in [2.05, 4.69) is 11.5 Å². The summed E-state index contributed by atoms with van der Waals surface area (Å²) in [6, 6.07) is 4.26. The van der Waals surface area contributed by atoms with E-state index in [4.69, 9.17) is 0 Å². The average molecular weight is 211 g/mol. The van der Waals surface area contributed by atoms with Gasteiger partial charge in [0, 0.05) is 6.04 Å². The molecule has 0 spiro atoms. The summed E-state index contributed by atoms with van der Waals surface area (Å²) >= 11 is 0. The maximum Gasteiger partial charge on any atom is 0.112 e. The second-order valence-corrected chi connectivity index (χ2v) is 8.24. The van der Waals surface area contributed by atoms with Gasteiger partial charge in [-0.3, -0.25) is 0 Å². The lowest BCUT2D eigenvalue weighted by atomic mass is 10.2. The molecule has 1 aliphatic heterocycles. The third-order valence-corrected chi connectivity index (χ3v) is 7.84. The van der Waals surface area contributed by atoms with Gasteiger partial charge < -0.3 is 4.57 Å². The predicted octanol–water partition coefficient (Wildman–Crippen LogP) is 3.16. The lowest BCUT2D eigenvalue weighted by Crippen LogP contribution is -2.44. The lowest BCUT2D eigenvalue weighted by molar-refractivity contribution is 0.325. The van der Waals surface area contributed by atoms with Crippen LogP contribution in [0, 0.1) is 0 Å². The quantitative estimate of drug-likeness (QED) is 0.646. The number of nitrogens with zero attached hydrogens (tertiary/aromatic N) is 1. The van der Waals surface area contributed by atoms with E-state index in [1.807, 2.05) is 0 Å². The van der Waals surface area contributed by atoms with Gasteiger partial charge in [0.25, 0.3) is 0 Å². The van der Waals surface area contributed by atoms with Crippen LogP contribution < -0.4 is 0 Å². The Bertz CT molecular complexity index is 144. The molecule has 0 amide bonds. The molecule has 2 aliphatic rings. The summed E-state index contributed by atoms with van der Waals surface area (Å²) in [5.74, 6) is 0. The standard InChI is InChI=1S/C12H25NSi/c1-2-9-13(12-7-3-4-8-12)14-10-5-6-11-14/h12,14H,2-11H2,1H3. The van der Waals surface area contributed by atoms with E-state index in [1.54, 1.807) is 24.9 Å². The van der Waals surface area contributed by atoms with Crippen molar-refractivity contribution in [2.24, 2.45) is 0 Å². The van der Waals surface area contributed by atoms with Crippen LogP contribution in [0.4, 0.5) is 0 Å². The molecule has 0 aromatic heterocycles. The van der Waals surface area contributed by atoms with E-state index in [-0.39, 0.29) is 0 Å². The van der Waals surface area contributed by atoms with Crippen molar-refractivity contribution in [2.45, 2.75) is 70.0 Å². The van der Waals surface area contributed by atoms with Crippen LogP contribution in [0.3, 0.4) is 0 Å². The van der Waals surface area contributed by atoms with Crippen molar-refractivity contribution in [2.75, 3.05) is 6.54 Å². The van der Waals surface area contributed by atoms with E-state index < -0.39 is 8.96 Å². The number of hydrogen-bond donors (Lipinski definition) is 0. The van der Waals surface area contributed by atoms with E-state index in [0.29, 0.717) is 0 Å². The first-order valence-electron chi connectivity index (χ1n) is 6.67. The molecule has 1 saturated carbocycles. The van der Waals surface area contributed by atoms with Gasteiger partial charge in [-0.05, 0) is 37.9 Å². The summed E-state index contributed by atoms with van der Waals surface area (Å²) in [4.78, 5) is 0. The smallest absolute Gasteiger partial charge is 0.112 e. The van der Waals surface area contributed by atoms with Gasteiger partial charge in [-0.15, -0.1) is 0 Å². The number of rotatable bonds is 4. The summed E-state index contributed by atoms with van der Waals surface area (Å²) in [5.41, 5.74) is 0. The zero-order valence-electron chi connectivity index (χ0n) is 9.67. The molecule has 0 aromatic rings. The first-order valence-corrected chi connectivity index (χ1v) is 8.82. The minimum atomic E-state index is -0.433. The fourth-order valence-electron chi connectivity index (χ4n) is 3.39. The second kappa shape index (κ2) is 5.31. The highest BCUT2D eigenvalue weighted by atomic mass is 28.3. The van der Waals surface area contributed by atoms with E-state index in [9.17, 15) is 0 Å². The molecular formula is C12H25NSi. The predicted molar refractivity (Wildman–Crippen MR) is 65.3 cm³/mol. The monoisotopic (exact) mass is 211 g/mol. The number of hydrogen-bond acceptors (Lipinski definition) is 1. The van der Waals surface area contributed by atoms with Crippen molar-refractivity contribution in [3.05, 3.63) is 0 Å². The Kier molecular flexibility index (Phi) is 4.06. The van der Waals surface area contributed by atoms with E-state index >= 15 is 0 Å². The Morgan fingerprint density at radius 3 is 2.29 bits per heavy atom. The molecule has 1 nitrogen and oxygen atoms in total. The Morgan fingerprint density at radius 1 is 1.07 bits per heavy atom. The topological polar surface area (TPSA) is 3.24 Å². The molecule has 0 atom stereocenters. The van der Waals surface area contributed by atoms with Crippen molar-refractivity contribution >= 4 is 8.96 Å². The SMILES string of the molecule is CCCN(C1CCCC1)[SiH]1CCCC1. The third-order valence-electron chi connectivity index (χ3n) is 4.07. The van der Waals surface area contributed by atoms with Gasteiger partial charge in [0.2, 0.25) is 0 Å². The van der Waals surface area contributed by atoms with Crippen LogP contribution in [0.2, 0.25) is 12.1 Å². The first kappa shape index (κ1) is 10.7. The normalized spacial score (nSPS) is 25.3. The summed E-state index contributed by atoms with van der Waals surface area (Å²) < 4.78 is 3.00. The fraction of sp³-hybridized carbons (Fsp3) is 1.00. The molecule has 2 rings (SSSR count). The molecule has 2 fully saturated rings. The Morgan fingerprint density at radius 2 is 1.71 bits per heavy atom. The van der Waals surface area contributed by atoms with E-state index in [1.165, 1.54) is 38.6 Å². The highest BCUT2D eigenvalue weighted by Crippen LogP contribution is 2.30. The maximum atomic E-state index is 3.00. The summed E-state index contributed by atoms with van der Waals surface area (Å²) in [6.07, 6.45) is 10.5. The van der Waals surface area contributed by atoms with Gasteiger partial charge in [-0.1, -0.05) is 32.6 Å². The van der Waals surface area contributed by atoms with E-state index in [0.717, 1.165) is 6.04 Å². The zero-order valence-corrected chi connectivity index (χ0v) is 10.8. The van der Waals surface area contributed by atoms with Gasteiger partial charge in [0.05, 0.1) is 0 Å². The van der Waals surface area contributed by atoms with Crippen molar-refractivity contribution in [3.8, 4) is 0 Å². The molecule has 0 bridgehead atoms. The molecule has 1 aliphatic carbocycles. The van der Waals surface area contributed by atoms with Crippen molar-refractivity contribution in [1.29, 1.82) is 0 Å². The molecular weight excluding hydrogens is 186 g/mol. The molecule has 82 valence electrons. The van der Waals surface area contributed by atoms with Crippen LogP contribution in [0.25, 0.3) is 0 Å². The van der Waals surface area contributed by atoms with Gasteiger partial charge in [0.1, 0.15) is 8.96 Å². The van der Waals surface area contributed by atoms with Crippen LogP contribution >= 0.6 is 0 Å². The average Bonchev–Trinajstić information content (AvgIpc) is 2.87. The third kappa shape index (κ3) is 2.40. The molecule has 1 heterocycles. The fourth-order valence-corrected chi connectivity index (χ4v) is 7.38. The summed E-state index contributed by atoms with van der Waals surface area (Å²) in [6.45, 7) is 3.77.